The van der Waals surface area contributed by atoms with E-state index in [0.29, 0.717) is 24.5 Å². The number of hydrogen-bond donors (Lipinski definition) is 0. The molecule has 0 radical (unpaired) electrons. The molecular formula is C27H37F2N3O2. The number of aryl methyl sites for hydroxylation is 1. The molecule has 1 aromatic carbocycles. The van der Waals surface area contributed by atoms with Gasteiger partial charge in [-0.2, -0.15) is 0 Å². The summed E-state index contributed by atoms with van der Waals surface area (Å²) in [5.74, 6) is 0.0913. The van der Waals surface area contributed by atoms with Gasteiger partial charge in [-0.1, -0.05) is 12.8 Å². The highest BCUT2D eigenvalue weighted by atomic mass is 19.1. The zero-order valence-electron chi connectivity index (χ0n) is 20.3. The van der Waals surface area contributed by atoms with E-state index in [0.717, 1.165) is 57.1 Å². The topological polar surface area (TPSA) is 49.6 Å². The molecule has 0 spiro atoms. The molecule has 0 bridgehead atoms. The van der Waals surface area contributed by atoms with E-state index in [1.54, 1.807) is 0 Å². The summed E-state index contributed by atoms with van der Waals surface area (Å²) in [5.41, 5.74) is 0.924. The Labute approximate surface area is 201 Å². The van der Waals surface area contributed by atoms with E-state index in [4.69, 9.17) is 4.42 Å². The number of piperidine rings is 1. The van der Waals surface area contributed by atoms with E-state index >= 15 is 0 Å². The van der Waals surface area contributed by atoms with Gasteiger partial charge in [0.15, 0.2) is 0 Å². The maximum atomic E-state index is 14.1. The second-order valence-electron chi connectivity index (χ2n) is 9.88. The first-order valence-electron chi connectivity index (χ1n) is 12.9. The van der Waals surface area contributed by atoms with Gasteiger partial charge in [-0.05, 0) is 90.3 Å². The number of nitrogens with zero attached hydrogens (tertiary/aromatic N) is 3. The minimum absolute atomic E-state index is 0.163. The molecule has 3 heterocycles. The lowest BCUT2D eigenvalue weighted by molar-refractivity contribution is -0.124. The van der Waals surface area contributed by atoms with E-state index in [1.165, 1.54) is 50.9 Å². The summed E-state index contributed by atoms with van der Waals surface area (Å²) in [6.45, 7) is 7.68. The number of carbonyl (C=O) groups is 1. The minimum Gasteiger partial charge on any atom is -0.441 e. The number of rotatable bonds is 9. The lowest BCUT2D eigenvalue weighted by Crippen LogP contribution is -2.36. The van der Waals surface area contributed by atoms with Crippen LogP contribution in [0.3, 0.4) is 0 Å². The normalized spacial score (nSPS) is 18.8. The highest BCUT2D eigenvalue weighted by Crippen LogP contribution is 2.27. The van der Waals surface area contributed by atoms with Crippen molar-refractivity contribution in [3.05, 3.63) is 41.3 Å². The van der Waals surface area contributed by atoms with Gasteiger partial charge >= 0.3 is 0 Å². The van der Waals surface area contributed by atoms with Crippen molar-refractivity contribution in [1.29, 1.82) is 0 Å². The quantitative estimate of drug-likeness (QED) is 0.434. The number of carbonyl (C=O) groups excluding carboxylic acids is 1. The second kappa shape index (κ2) is 12.0. The van der Waals surface area contributed by atoms with Crippen LogP contribution in [0.2, 0.25) is 0 Å². The number of unbranched alkanes of at least 4 members (excludes halogenated alkanes) is 1. The molecule has 5 nitrogen and oxygen atoms in total. The SMILES string of the molecule is Cc1oc(-c2ccc(F)cc2F)nc1CN1CCC(C(=O)CCCCN2CCCCCC2)CC1. The molecule has 0 amide bonds. The highest BCUT2D eigenvalue weighted by molar-refractivity contribution is 5.81. The Morgan fingerprint density at radius 2 is 1.76 bits per heavy atom. The molecule has 2 fully saturated rings. The van der Waals surface area contributed by atoms with Crippen LogP contribution in [0.15, 0.2) is 22.6 Å². The highest BCUT2D eigenvalue weighted by Gasteiger charge is 2.26. The molecule has 0 atom stereocenters. The van der Waals surface area contributed by atoms with Crippen LogP contribution in [0, 0.1) is 24.5 Å². The van der Waals surface area contributed by atoms with Gasteiger partial charge in [0.05, 0.1) is 11.3 Å². The number of aromatic nitrogens is 1. The Morgan fingerprint density at radius 1 is 1.03 bits per heavy atom. The molecule has 4 rings (SSSR count). The van der Waals surface area contributed by atoms with Gasteiger partial charge < -0.3 is 9.32 Å². The first-order chi connectivity index (χ1) is 16.5. The smallest absolute Gasteiger partial charge is 0.229 e. The number of oxazole rings is 1. The van der Waals surface area contributed by atoms with Crippen LogP contribution in [0.1, 0.15) is 69.2 Å². The van der Waals surface area contributed by atoms with Crippen LogP contribution in [0.25, 0.3) is 11.5 Å². The van der Waals surface area contributed by atoms with Crippen LogP contribution < -0.4 is 0 Å². The van der Waals surface area contributed by atoms with Crippen LogP contribution >= 0.6 is 0 Å². The van der Waals surface area contributed by atoms with Crippen molar-refractivity contribution in [3.63, 3.8) is 0 Å². The average molecular weight is 474 g/mol. The van der Waals surface area contributed by atoms with Crippen molar-refractivity contribution in [2.75, 3.05) is 32.7 Å². The molecule has 2 aliphatic heterocycles. The van der Waals surface area contributed by atoms with Gasteiger partial charge in [0.1, 0.15) is 23.2 Å². The summed E-state index contributed by atoms with van der Waals surface area (Å²) >= 11 is 0. The van der Waals surface area contributed by atoms with Crippen molar-refractivity contribution in [2.24, 2.45) is 5.92 Å². The summed E-state index contributed by atoms with van der Waals surface area (Å²) in [6.07, 6.45) is 9.92. The first kappa shape index (κ1) is 25.0. The van der Waals surface area contributed by atoms with Gasteiger partial charge in [0.2, 0.25) is 5.89 Å². The Kier molecular flexibility index (Phi) is 8.84. The summed E-state index contributed by atoms with van der Waals surface area (Å²) < 4.78 is 33.0. The Morgan fingerprint density at radius 3 is 2.47 bits per heavy atom. The molecular weight excluding hydrogens is 436 g/mol. The van der Waals surface area contributed by atoms with E-state index in [-0.39, 0.29) is 17.4 Å². The number of hydrogen-bond acceptors (Lipinski definition) is 5. The van der Waals surface area contributed by atoms with Gasteiger partial charge in [0, 0.05) is 24.9 Å². The van der Waals surface area contributed by atoms with Crippen LogP contribution in [-0.2, 0) is 11.3 Å². The van der Waals surface area contributed by atoms with Gasteiger partial charge in [-0.15, -0.1) is 0 Å². The maximum absolute atomic E-state index is 14.1. The third kappa shape index (κ3) is 6.72. The van der Waals surface area contributed by atoms with E-state index < -0.39 is 11.6 Å². The van der Waals surface area contributed by atoms with Crippen molar-refractivity contribution < 1.29 is 18.0 Å². The van der Waals surface area contributed by atoms with E-state index in [1.807, 2.05) is 6.92 Å². The fourth-order valence-corrected chi connectivity index (χ4v) is 5.18. The zero-order chi connectivity index (χ0) is 23.9. The predicted molar refractivity (Wildman–Crippen MR) is 128 cm³/mol. The maximum Gasteiger partial charge on any atom is 0.229 e. The zero-order valence-corrected chi connectivity index (χ0v) is 20.3. The number of Topliss-reactive ketones (excluding diaryl/α,β-unsaturated/α-hetero) is 1. The first-order valence-corrected chi connectivity index (χ1v) is 12.9. The van der Waals surface area contributed by atoms with Crippen molar-refractivity contribution >= 4 is 5.78 Å². The summed E-state index contributed by atoms with van der Waals surface area (Å²) in [4.78, 5) is 22.0. The monoisotopic (exact) mass is 473 g/mol. The lowest BCUT2D eigenvalue weighted by Gasteiger charge is -2.30. The average Bonchev–Trinajstić information content (AvgIpc) is 3.00. The molecule has 2 saturated heterocycles. The molecule has 0 N–H and O–H groups in total. The Hall–Kier alpha value is -2.12. The minimum atomic E-state index is -0.682. The number of likely N-dealkylation sites (tertiary alicyclic amines) is 2. The second-order valence-corrected chi connectivity index (χ2v) is 9.88. The van der Waals surface area contributed by atoms with Gasteiger partial charge in [0.25, 0.3) is 0 Å². The third-order valence-corrected chi connectivity index (χ3v) is 7.32. The fraction of sp³-hybridized carbons (Fsp3) is 0.630. The molecule has 7 heteroatoms. The van der Waals surface area contributed by atoms with Crippen LogP contribution in [0.4, 0.5) is 8.78 Å². The number of benzene rings is 1. The van der Waals surface area contributed by atoms with Gasteiger partial charge in [-0.25, -0.2) is 13.8 Å². The summed E-state index contributed by atoms with van der Waals surface area (Å²) in [6, 6.07) is 3.39. The van der Waals surface area contributed by atoms with Crippen LogP contribution in [0.5, 0.6) is 0 Å². The van der Waals surface area contributed by atoms with Crippen molar-refractivity contribution in [2.45, 2.75) is 71.3 Å². The fourth-order valence-electron chi connectivity index (χ4n) is 5.18. The predicted octanol–water partition coefficient (Wildman–Crippen LogP) is 5.76. The number of halogens is 2. The van der Waals surface area contributed by atoms with Crippen molar-refractivity contribution in [3.8, 4) is 11.5 Å². The molecule has 186 valence electrons. The molecule has 2 aromatic rings. The molecule has 2 aliphatic rings. The van der Waals surface area contributed by atoms with Crippen LogP contribution in [-0.4, -0.2) is 53.3 Å². The Bertz CT molecular complexity index is 945. The molecule has 0 aliphatic carbocycles. The third-order valence-electron chi connectivity index (χ3n) is 7.32. The molecule has 0 saturated carbocycles. The van der Waals surface area contributed by atoms with Crippen molar-refractivity contribution in [1.82, 2.24) is 14.8 Å². The van der Waals surface area contributed by atoms with E-state index in [9.17, 15) is 13.6 Å². The summed E-state index contributed by atoms with van der Waals surface area (Å²) in [5, 5.41) is 0. The largest absolute Gasteiger partial charge is 0.441 e. The standard InChI is InChI=1S/C27H37F2N3O2/c1-20-25(30-27(34-20)23-10-9-22(28)18-24(23)29)19-32-16-11-21(12-17-32)26(33)8-4-7-15-31-13-5-2-3-6-14-31/h9-10,18,21H,2-8,11-17,19H2,1H3. The van der Waals surface area contributed by atoms with Gasteiger partial charge in [-0.3, -0.25) is 9.69 Å². The molecule has 1 aromatic heterocycles. The Balaban J connectivity index is 1.19. The van der Waals surface area contributed by atoms with E-state index in [2.05, 4.69) is 14.8 Å². The summed E-state index contributed by atoms with van der Waals surface area (Å²) in [7, 11) is 0. The molecule has 34 heavy (non-hydrogen) atoms. The number of ketones is 1. The molecule has 0 unspecified atom stereocenters. The lowest BCUT2D eigenvalue weighted by atomic mass is 9.90.